The lowest BCUT2D eigenvalue weighted by molar-refractivity contribution is 0.616. The fraction of sp³-hybridized carbons (Fsp3) is 0.118. The van der Waals surface area contributed by atoms with Crippen LogP contribution < -0.4 is 5.32 Å². The Balaban J connectivity index is 1.85. The van der Waals surface area contributed by atoms with Gasteiger partial charge in [0.15, 0.2) is 0 Å². The van der Waals surface area contributed by atoms with Crippen LogP contribution in [-0.4, -0.2) is 4.98 Å². The number of anilines is 1. The molecule has 0 saturated carbocycles. The molecule has 2 nitrogen and oxygen atoms in total. The van der Waals surface area contributed by atoms with Crippen LogP contribution in [0.25, 0.3) is 10.8 Å². The van der Waals surface area contributed by atoms with Gasteiger partial charge in [-0.15, -0.1) is 0 Å². The molecule has 0 atom stereocenters. The molecule has 0 saturated heterocycles. The molecule has 0 bridgehead atoms. The van der Waals surface area contributed by atoms with Crippen molar-refractivity contribution in [2.45, 2.75) is 13.5 Å². The topological polar surface area (TPSA) is 24.9 Å². The van der Waals surface area contributed by atoms with Crippen molar-refractivity contribution in [1.29, 1.82) is 0 Å². The van der Waals surface area contributed by atoms with Crippen LogP contribution in [0.2, 0.25) is 0 Å². The average molecular weight is 266 g/mol. The lowest BCUT2D eigenvalue weighted by atomic mass is 10.1. The maximum atomic E-state index is 13.5. The number of aromatic nitrogens is 1. The minimum absolute atomic E-state index is 0.161. The summed E-state index contributed by atoms with van der Waals surface area (Å²) in [6.45, 7) is 2.36. The van der Waals surface area contributed by atoms with E-state index in [1.165, 1.54) is 0 Å². The number of aryl methyl sites for hydroxylation is 1. The van der Waals surface area contributed by atoms with Gasteiger partial charge in [-0.25, -0.2) is 4.39 Å². The highest BCUT2D eigenvalue weighted by Crippen LogP contribution is 2.22. The van der Waals surface area contributed by atoms with Gasteiger partial charge >= 0.3 is 0 Å². The monoisotopic (exact) mass is 266 g/mol. The molecule has 3 aromatic rings. The smallest absolute Gasteiger partial charge is 0.126 e. The van der Waals surface area contributed by atoms with Gasteiger partial charge in [-0.05, 0) is 36.2 Å². The molecule has 1 aromatic heterocycles. The number of fused-ring (bicyclic) bond motifs is 1. The summed E-state index contributed by atoms with van der Waals surface area (Å²) >= 11 is 0. The van der Waals surface area contributed by atoms with Crippen LogP contribution in [0.15, 0.2) is 54.9 Å². The van der Waals surface area contributed by atoms with Gasteiger partial charge in [0.25, 0.3) is 0 Å². The van der Waals surface area contributed by atoms with E-state index in [1.807, 2.05) is 36.5 Å². The van der Waals surface area contributed by atoms with Crippen molar-refractivity contribution in [2.75, 3.05) is 5.32 Å². The second kappa shape index (κ2) is 5.29. The zero-order valence-corrected chi connectivity index (χ0v) is 11.2. The first-order valence-electron chi connectivity index (χ1n) is 6.56. The van der Waals surface area contributed by atoms with Gasteiger partial charge in [0.1, 0.15) is 5.82 Å². The molecule has 0 spiro atoms. The van der Waals surface area contributed by atoms with Crippen molar-refractivity contribution in [3.05, 3.63) is 71.8 Å². The summed E-state index contributed by atoms with van der Waals surface area (Å²) in [7, 11) is 0. The number of hydrogen-bond acceptors (Lipinski definition) is 2. The Kier molecular flexibility index (Phi) is 3.33. The number of nitrogens with zero attached hydrogens (tertiary/aromatic N) is 1. The molecule has 0 unspecified atom stereocenters. The summed E-state index contributed by atoms with van der Waals surface area (Å²) in [6.07, 6.45) is 3.62. The fourth-order valence-electron chi connectivity index (χ4n) is 2.22. The summed E-state index contributed by atoms with van der Waals surface area (Å²) in [5.41, 5.74) is 2.63. The lowest BCUT2D eigenvalue weighted by Crippen LogP contribution is -2.01. The fourth-order valence-corrected chi connectivity index (χ4v) is 2.22. The minimum Gasteiger partial charge on any atom is -0.380 e. The quantitative estimate of drug-likeness (QED) is 0.764. The van der Waals surface area contributed by atoms with Gasteiger partial charge < -0.3 is 5.32 Å². The maximum Gasteiger partial charge on any atom is 0.126 e. The normalized spacial score (nSPS) is 10.7. The molecule has 1 heterocycles. The molecule has 0 aliphatic carbocycles. The highest BCUT2D eigenvalue weighted by Gasteiger charge is 2.02. The molecule has 3 rings (SSSR count). The van der Waals surface area contributed by atoms with Crippen molar-refractivity contribution >= 4 is 16.5 Å². The number of benzene rings is 2. The zero-order chi connectivity index (χ0) is 13.9. The molecular formula is C17H15FN2. The zero-order valence-electron chi connectivity index (χ0n) is 11.2. The van der Waals surface area contributed by atoms with E-state index < -0.39 is 0 Å². The second-order valence-corrected chi connectivity index (χ2v) is 4.84. The van der Waals surface area contributed by atoms with E-state index in [0.29, 0.717) is 12.1 Å². The van der Waals surface area contributed by atoms with Crippen LogP contribution >= 0.6 is 0 Å². The molecule has 20 heavy (non-hydrogen) atoms. The Bertz CT molecular complexity index is 748. The molecule has 0 aliphatic heterocycles. The molecule has 3 heteroatoms. The average Bonchev–Trinajstić information content (AvgIpc) is 2.48. The van der Waals surface area contributed by atoms with E-state index in [-0.39, 0.29) is 5.82 Å². The van der Waals surface area contributed by atoms with E-state index in [4.69, 9.17) is 0 Å². The van der Waals surface area contributed by atoms with Gasteiger partial charge in [-0.2, -0.15) is 0 Å². The van der Waals surface area contributed by atoms with Crippen molar-refractivity contribution in [2.24, 2.45) is 0 Å². The van der Waals surface area contributed by atoms with Gasteiger partial charge in [-0.1, -0.05) is 24.3 Å². The van der Waals surface area contributed by atoms with Crippen LogP contribution in [0.3, 0.4) is 0 Å². The van der Waals surface area contributed by atoms with E-state index in [1.54, 1.807) is 25.3 Å². The van der Waals surface area contributed by atoms with Gasteiger partial charge in [0, 0.05) is 35.4 Å². The predicted octanol–water partition coefficient (Wildman–Crippen LogP) is 4.29. The summed E-state index contributed by atoms with van der Waals surface area (Å²) in [4.78, 5) is 4.12. The molecule has 0 aliphatic rings. The van der Waals surface area contributed by atoms with Crippen LogP contribution in [0.4, 0.5) is 10.1 Å². The standard InChI is InChI=1S/C17H15FN2/c1-12-5-6-13(9-16(12)18)10-20-17-4-2-3-14-11-19-8-7-15(14)17/h2-9,11,20H,10H2,1H3. The first kappa shape index (κ1) is 12.6. The van der Waals surface area contributed by atoms with Crippen LogP contribution in [0.1, 0.15) is 11.1 Å². The van der Waals surface area contributed by atoms with Gasteiger partial charge in [-0.3, -0.25) is 4.98 Å². The number of nitrogens with one attached hydrogen (secondary N) is 1. The minimum atomic E-state index is -0.161. The van der Waals surface area contributed by atoms with E-state index in [9.17, 15) is 4.39 Å². The van der Waals surface area contributed by atoms with Crippen LogP contribution in [0.5, 0.6) is 0 Å². The van der Waals surface area contributed by atoms with Crippen molar-refractivity contribution < 1.29 is 4.39 Å². The Hall–Kier alpha value is -2.42. The Morgan fingerprint density at radius 3 is 2.90 bits per heavy atom. The van der Waals surface area contributed by atoms with Crippen LogP contribution in [-0.2, 0) is 6.54 Å². The first-order chi connectivity index (χ1) is 9.74. The third-order valence-electron chi connectivity index (χ3n) is 3.40. The van der Waals surface area contributed by atoms with E-state index >= 15 is 0 Å². The molecule has 0 fully saturated rings. The maximum absolute atomic E-state index is 13.5. The molecule has 100 valence electrons. The largest absolute Gasteiger partial charge is 0.380 e. The molecular weight excluding hydrogens is 251 g/mol. The number of rotatable bonds is 3. The third-order valence-corrected chi connectivity index (χ3v) is 3.40. The second-order valence-electron chi connectivity index (χ2n) is 4.84. The van der Waals surface area contributed by atoms with Crippen molar-refractivity contribution in [1.82, 2.24) is 4.98 Å². The summed E-state index contributed by atoms with van der Waals surface area (Å²) in [5, 5.41) is 5.57. The number of hydrogen-bond donors (Lipinski definition) is 1. The summed E-state index contributed by atoms with van der Waals surface area (Å²) < 4.78 is 13.5. The Labute approximate surface area is 117 Å². The third kappa shape index (κ3) is 2.48. The molecule has 2 aromatic carbocycles. The van der Waals surface area contributed by atoms with Crippen LogP contribution in [0, 0.1) is 12.7 Å². The Morgan fingerprint density at radius 1 is 1.15 bits per heavy atom. The SMILES string of the molecule is Cc1ccc(CNc2cccc3cnccc23)cc1F. The predicted molar refractivity (Wildman–Crippen MR) is 80.2 cm³/mol. The Morgan fingerprint density at radius 2 is 2.05 bits per heavy atom. The first-order valence-corrected chi connectivity index (χ1v) is 6.56. The van der Waals surface area contributed by atoms with Crippen molar-refractivity contribution in [3.8, 4) is 0 Å². The lowest BCUT2D eigenvalue weighted by Gasteiger charge is -2.10. The number of pyridine rings is 1. The van der Waals surface area contributed by atoms with Gasteiger partial charge in [0.2, 0.25) is 0 Å². The molecule has 1 N–H and O–H groups in total. The highest BCUT2D eigenvalue weighted by atomic mass is 19.1. The van der Waals surface area contributed by atoms with E-state index in [2.05, 4.69) is 10.3 Å². The molecule has 0 radical (unpaired) electrons. The highest BCUT2D eigenvalue weighted by molar-refractivity contribution is 5.93. The van der Waals surface area contributed by atoms with Crippen molar-refractivity contribution in [3.63, 3.8) is 0 Å². The number of halogens is 1. The van der Waals surface area contributed by atoms with Gasteiger partial charge in [0.05, 0.1) is 0 Å². The summed E-state index contributed by atoms with van der Waals surface area (Å²) in [6, 6.07) is 13.3. The molecule has 0 amide bonds. The summed E-state index contributed by atoms with van der Waals surface area (Å²) in [5.74, 6) is -0.161. The van der Waals surface area contributed by atoms with E-state index in [0.717, 1.165) is 22.0 Å².